The Labute approximate surface area is 118 Å². The Hall–Kier alpha value is -1.85. The fraction of sp³-hybridized carbons (Fsp3) is 0.643. The Balaban J connectivity index is 2.00. The quantitative estimate of drug-likeness (QED) is 0.862. The van der Waals surface area contributed by atoms with E-state index in [2.05, 4.69) is 10.4 Å². The van der Waals surface area contributed by atoms with E-state index in [4.69, 9.17) is 5.11 Å². The molecule has 2 N–H and O–H groups in total. The molecule has 0 spiro atoms. The lowest BCUT2D eigenvalue weighted by Gasteiger charge is -2.23. The molecule has 6 heteroatoms. The van der Waals surface area contributed by atoms with Crippen molar-refractivity contribution in [3.63, 3.8) is 0 Å². The van der Waals surface area contributed by atoms with Crippen LogP contribution in [-0.4, -0.2) is 33.3 Å². The number of carbonyl (C=O) groups is 2. The smallest absolute Gasteiger partial charge is 0.305 e. The zero-order valence-electron chi connectivity index (χ0n) is 11.8. The van der Waals surface area contributed by atoms with Crippen molar-refractivity contribution < 1.29 is 14.7 Å². The molecule has 1 aliphatic carbocycles. The lowest BCUT2D eigenvalue weighted by molar-refractivity contribution is -0.136. The van der Waals surface area contributed by atoms with Crippen molar-refractivity contribution in [1.82, 2.24) is 15.1 Å². The first-order valence-corrected chi connectivity index (χ1v) is 7.13. The first kappa shape index (κ1) is 14.6. The molecule has 1 aromatic rings. The lowest BCUT2D eigenvalue weighted by Crippen LogP contribution is -2.26. The summed E-state index contributed by atoms with van der Waals surface area (Å²) in [4.78, 5) is 22.4. The summed E-state index contributed by atoms with van der Waals surface area (Å²) in [7, 11) is 0. The molecule has 110 valence electrons. The number of hydrogen-bond acceptors (Lipinski definition) is 3. The topological polar surface area (TPSA) is 84.2 Å². The number of amides is 1. The number of hydrogen-bond donors (Lipinski definition) is 2. The van der Waals surface area contributed by atoms with Crippen LogP contribution in [0.3, 0.4) is 0 Å². The average Bonchev–Trinajstić information content (AvgIpc) is 2.81. The summed E-state index contributed by atoms with van der Waals surface area (Å²) >= 11 is 0. The molecule has 0 unspecified atom stereocenters. The molecule has 0 bridgehead atoms. The van der Waals surface area contributed by atoms with Crippen LogP contribution >= 0.6 is 0 Å². The third-order valence-corrected chi connectivity index (χ3v) is 3.83. The second kappa shape index (κ2) is 6.54. The fourth-order valence-corrected chi connectivity index (χ4v) is 2.72. The Kier molecular flexibility index (Phi) is 4.76. The van der Waals surface area contributed by atoms with Gasteiger partial charge in [0.2, 0.25) is 0 Å². The number of nitrogens with zero attached hydrogens (tertiary/aromatic N) is 2. The Morgan fingerprint density at radius 2 is 2.10 bits per heavy atom. The highest BCUT2D eigenvalue weighted by Gasteiger charge is 2.21. The summed E-state index contributed by atoms with van der Waals surface area (Å²) in [6.07, 6.45) is 7.44. The summed E-state index contributed by atoms with van der Waals surface area (Å²) in [5.74, 6) is -1.16. The molecule has 0 aliphatic heterocycles. The highest BCUT2D eigenvalue weighted by atomic mass is 16.4. The Bertz CT molecular complexity index is 490. The number of carboxylic acids is 1. The number of carbonyl (C=O) groups excluding carboxylic acids is 1. The highest BCUT2D eigenvalue weighted by Crippen LogP contribution is 2.29. The first-order chi connectivity index (χ1) is 9.59. The fourth-order valence-electron chi connectivity index (χ4n) is 2.72. The molecule has 0 atom stereocenters. The number of aliphatic carboxylic acids is 1. The summed E-state index contributed by atoms with van der Waals surface area (Å²) in [6.45, 7) is 2.04. The van der Waals surface area contributed by atoms with Gasteiger partial charge in [0, 0.05) is 12.2 Å². The molecule has 2 rings (SSSR count). The predicted octanol–water partition coefficient (Wildman–Crippen LogP) is 1.90. The maximum atomic E-state index is 12.0. The van der Waals surface area contributed by atoms with Gasteiger partial charge < -0.3 is 10.4 Å². The molecule has 6 nitrogen and oxygen atoms in total. The van der Waals surface area contributed by atoms with Gasteiger partial charge in [-0.25, -0.2) is 0 Å². The maximum Gasteiger partial charge on any atom is 0.305 e. The van der Waals surface area contributed by atoms with Gasteiger partial charge in [-0.15, -0.1) is 0 Å². The standard InChI is InChI=1S/C14H21N3O3/c1-10-12(14(20)15-8-7-13(18)19)9-16-17(10)11-5-3-2-4-6-11/h9,11H,2-8H2,1H3,(H,15,20)(H,18,19). The van der Waals surface area contributed by atoms with E-state index in [1.165, 1.54) is 19.3 Å². The van der Waals surface area contributed by atoms with E-state index >= 15 is 0 Å². The Morgan fingerprint density at radius 3 is 2.75 bits per heavy atom. The molecule has 0 saturated heterocycles. The Morgan fingerprint density at radius 1 is 1.40 bits per heavy atom. The van der Waals surface area contributed by atoms with Gasteiger partial charge >= 0.3 is 5.97 Å². The van der Waals surface area contributed by atoms with E-state index in [1.807, 2.05) is 11.6 Å². The summed E-state index contributed by atoms with van der Waals surface area (Å²) in [5, 5.41) is 15.5. The van der Waals surface area contributed by atoms with Crippen molar-refractivity contribution in [3.05, 3.63) is 17.5 Å². The van der Waals surface area contributed by atoms with E-state index in [1.54, 1.807) is 6.20 Å². The normalized spacial score (nSPS) is 16.1. The van der Waals surface area contributed by atoms with Gasteiger partial charge in [0.25, 0.3) is 5.91 Å². The van der Waals surface area contributed by atoms with E-state index < -0.39 is 5.97 Å². The van der Waals surface area contributed by atoms with Crippen LogP contribution in [0.15, 0.2) is 6.20 Å². The minimum absolute atomic E-state index is 0.0679. The van der Waals surface area contributed by atoms with Crippen molar-refractivity contribution in [3.8, 4) is 0 Å². The first-order valence-electron chi connectivity index (χ1n) is 7.13. The van der Waals surface area contributed by atoms with Crippen LogP contribution in [0.25, 0.3) is 0 Å². The SMILES string of the molecule is Cc1c(C(=O)NCCC(=O)O)cnn1C1CCCCC1. The van der Waals surface area contributed by atoms with Crippen molar-refractivity contribution in [1.29, 1.82) is 0 Å². The van der Waals surface area contributed by atoms with Crippen molar-refractivity contribution in [2.45, 2.75) is 51.5 Å². The van der Waals surface area contributed by atoms with Crippen molar-refractivity contribution >= 4 is 11.9 Å². The second-order valence-electron chi connectivity index (χ2n) is 5.28. The van der Waals surface area contributed by atoms with Gasteiger partial charge in [0.05, 0.1) is 24.2 Å². The van der Waals surface area contributed by atoms with E-state index in [-0.39, 0.29) is 18.9 Å². The van der Waals surface area contributed by atoms with E-state index in [9.17, 15) is 9.59 Å². The third-order valence-electron chi connectivity index (χ3n) is 3.83. The molecule has 20 heavy (non-hydrogen) atoms. The number of rotatable bonds is 5. The molecule has 0 radical (unpaired) electrons. The second-order valence-corrected chi connectivity index (χ2v) is 5.28. The van der Waals surface area contributed by atoms with Crippen molar-refractivity contribution in [2.75, 3.05) is 6.54 Å². The molecule has 0 aromatic carbocycles. The van der Waals surface area contributed by atoms with Crippen LogP contribution in [0.1, 0.15) is 60.6 Å². The van der Waals surface area contributed by atoms with Crippen LogP contribution < -0.4 is 5.32 Å². The van der Waals surface area contributed by atoms with Crippen LogP contribution in [0.2, 0.25) is 0 Å². The number of nitrogens with one attached hydrogen (secondary N) is 1. The molecular weight excluding hydrogens is 258 g/mol. The minimum Gasteiger partial charge on any atom is -0.481 e. The van der Waals surface area contributed by atoms with Gasteiger partial charge in [0.15, 0.2) is 0 Å². The zero-order chi connectivity index (χ0) is 14.5. The van der Waals surface area contributed by atoms with E-state index in [0.717, 1.165) is 18.5 Å². The third kappa shape index (κ3) is 3.37. The molecule has 1 saturated carbocycles. The van der Waals surface area contributed by atoms with Gasteiger partial charge in [-0.3, -0.25) is 14.3 Å². The maximum absolute atomic E-state index is 12.0. The van der Waals surface area contributed by atoms with Crippen LogP contribution in [-0.2, 0) is 4.79 Å². The highest BCUT2D eigenvalue weighted by molar-refractivity contribution is 5.95. The van der Waals surface area contributed by atoms with Crippen LogP contribution in [0.5, 0.6) is 0 Å². The molecule has 1 fully saturated rings. The van der Waals surface area contributed by atoms with Gasteiger partial charge in [-0.1, -0.05) is 19.3 Å². The molecule has 1 aromatic heterocycles. The van der Waals surface area contributed by atoms with Gasteiger partial charge in [0.1, 0.15) is 0 Å². The average molecular weight is 279 g/mol. The molecule has 1 heterocycles. The van der Waals surface area contributed by atoms with Crippen molar-refractivity contribution in [2.24, 2.45) is 0 Å². The van der Waals surface area contributed by atoms with Crippen LogP contribution in [0, 0.1) is 6.92 Å². The van der Waals surface area contributed by atoms with Gasteiger partial charge in [-0.05, 0) is 19.8 Å². The number of carboxylic acid groups (broad SMARTS) is 1. The summed E-state index contributed by atoms with van der Waals surface area (Å²) in [5.41, 5.74) is 1.41. The predicted molar refractivity (Wildman–Crippen MR) is 73.7 cm³/mol. The molecule has 1 aliphatic rings. The number of aromatic nitrogens is 2. The largest absolute Gasteiger partial charge is 0.481 e. The van der Waals surface area contributed by atoms with Gasteiger partial charge in [-0.2, -0.15) is 5.10 Å². The summed E-state index contributed by atoms with van der Waals surface area (Å²) < 4.78 is 1.95. The van der Waals surface area contributed by atoms with Crippen LogP contribution in [0.4, 0.5) is 0 Å². The minimum atomic E-state index is -0.917. The molecular formula is C14H21N3O3. The molecule has 1 amide bonds. The summed E-state index contributed by atoms with van der Waals surface area (Å²) in [6, 6.07) is 0.393. The zero-order valence-corrected chi connectivity index (χ0v) is 11.8. The van der Waals surface area contributed by atoms with E-state index in [0.29, 0.717) is 11.6 Å². The monoisotopic (exact) mass is 279 g/mol. The lowest BCUT2D eigenvalue weighted by atomic mass is 9.95.